The zero-order chi connectivity index (χ0) is 17.7. The number of hydrogen-bond acceptors (Lipinski definition) is 3. The molecule has 124 valence electrons. The molecule has 0 heterocycles. The molecule has 0 fully saturated rings. The molecule has 7 heteroatoms. The van der Waals surface area contributed by atoms with Gasteiger partial charge < -0.3 is 10.2 Å². The molecule has 0 aromatic heterocycles. The summed E-state index contributed by atoms with van der Waals surface area (Å²) >= 11 is 8.51. The topological polar surface area (TPSA) is 61.4 Å². The van der Waals surface area contributed by atoms with Crippen molar-refractivity contribution < 1.29 is 9.59 Å². The highest BCUT2D eigenvalue weighted by atomic mass is 79.9. The van der Waals surface area contributed by atoms with Crippen LogP contribution in [0.15, 0.2) is 53.0 Å². The fourth-order valence-corrected chi connectivity index (χ4v) is 2.66. The highest BCUT2D eigenvalue weighted by Crippen LogP contribution is 2.17. The maximum atomic E-state index is 12.2. The van der Waals surface area contributed by atoms with Crippen LogP contribution in [0.5, 0.6) is 0 Å². The predicted molar refractivity (Wildman–Crippen MR) is 102 cm³/mol. The number of benzene rings is 2. The van der Waals surface area contributed by atoms with Crippen LogP contribution in [0.2, 0.25) is 0 Å². The van der Waals surface area contributed by atoms with Gasteiger partial charge in [-0.05, 0) is 52.4 Å². The van der Waals surface area contributed by atoms with Crippen molar-refractivity contribution in [1.82, 2.24) is 10.2 Å². The number of thiocarbonyl (C=S) groups is 1. The lowest BCUT2D eigenvalue weighted by Gasteiger charge is -2.16. The number of amides is 2. The summed E-state index contributed by atoms with van der Waals surface area (Å²) < 4.78 is 0.675. The maximum absolute atomic E-state index is 12.2. The highest BCUT2D eigenvalue weighted by molar-refractivity contribution is 9.10. The van der Waals surface area contributed by atoms with Crippen molar-refractivity contribution in [3.05, 3.63) is 64.1 Å². The summed E-state index contributed by atoms with van der Waals surface area (Å²) in [7, 11) is 3.35. The fourth-order valence-electron chi connectivity index (χ4n) is 1.99. The number of rotatable bonds is 3. The Bertz CT molecular complexity index is 793. The monoisotopic (exact) mass is 405 g/mol. The van der Waals surface area contributed by atoms with Crippen LogP contribution in [0.3, 0.4) is 0 Å². The standard InChI is InChI=1S/C17H16BrN3O2S/c1-21(2)16(23)12-8-4-6-10-14(12)19-17(24)20-15(22)11-7-3-5-9-13(11)18/h3-10H,1-2H3,(H2,19,20,22,24). The van der Waals surface area contributed by atoms with Crippen LogP contribution in [0.1, 0.15) is 20.7 Å². The summed E-state index contributed by atoms with van der Waals surface area (Å²) in [5.74, 6) is -0.491. The number of anilines is 1. The Kier molecular flexibility index (Phi) is 6.05. The average molecular weight is 406 g/mol. The molecule has 2 aromatic rings. The Morgan fingerprint density at radius 1 is 1.00 bits per heavy atom. The van der Waals surface area contributed by atoms with Gasteiger partial charge in [0.2, 0.25) is 0 Å². The van der Waals surface area contributed by atoms with Gasteiger partial charge in [0.25, 0.3) is 11.8 Å². The number of carbonyl (C=O) groups is 2. The first-order chi connectivity index (χ1) is 11.4. The first-order valence-electron chi connectivity index (χ1n) is 7.07. The minimum atomic E-state index is -0.337. The molecular weight excluding hydrogens is 390 g/mol. The molecule has 0 saturated heterocycles. The molecule has 0 aliphatic carbocycles. The molecule has 0 saturated carbocycles. The lowest BCUT2D eigenvalue weighted by Crippen LogP contribution is -2.35. The van der Waals surface area contributed by atoms with Crippen molar-refractivity contribution in [3.63, 3.8) is 0 Å². The lowest BCUT2D eigenvalue weighted by atomic mass is 10.1. The molecule has 0 aliphatic rings. The van der Waals surface area contributed by atoms with Crippen LogP contribution >= 0.6 is 28.1 Å². The van der Waals surface area contributed by atoms with Gasteiger partial charge in [-0.25, -0.2) is 0 Å². The van der Waals surface area contributed by atoms with Crippen LogP contribution in [0.4, 0.5) is 5.69 Å². The maximum Gasteiger partial charge on any atom is 0.258 e. The van der Waals surface area contributed by atoms with E-state index in [1.807, 2.05) is 6.07 Å². The second-order valence-electron chi connectivity index (χ2n) is 5.13. The number of nitrogens with one attached hydrogen (secondary N) is 2. The summed E-state index contributed by atoms with van der Waals surface area (Å²) in [4.78, 5) is 25.9. The molecule has 2 amide bonds. The van der Waals surface area contributed by atoms with E-state index in [4.69, 9.17) is 12.2 Å². The van der Waals surface area contributed by atoms with Gasteiger partial charge in [0.05, 0.1) is 16.8 Å². The molecule has 2 rings (SSSR count). The van der Waals surface area contributed by atoms with E-state index in [1.165, 1.54) is 4.90 Å². The minimum absolute atomic E-state index is 0.120. The molecule has 0 bridgehead atoms. The van der Waals surface area contributed by atoms with Gasteiger partial charge >= 0.3 is 0 Å². The normalized spacial score (nSPS) is 9.96. The van der Waals surface area contributed by atoms with Gasteiger partial charge in [-0.2, -0.15) is 0 Å². The predicted octanol–water partition coefficient (Wildman–Crippen LogP) is 3.28. The Balaban J connectivity index is 2.12. The second kappa shape index (κ2) is 8.03. The summed E-state index contributed by atoms with van der Waals surface area (Å²) in [6.07, 6.45) is 0. The van der Waals surface area contributed by atoms with Crippen molar-refractivity contribution in [3.8, 4) is 0 Å². The van der Waals surface area contributed by atoms with Crippen molar-refractivity contribution in [2.45, 2.75) is 0 Å². The summed E-state index contributed by atoms with van der Waals surface area (Å²) in [5.41, 5.74) is 1.48. The SMILES string of the molecule is CN(C)C(=O)c1ccccc1NC(=S)NC(=O)c1ccccc1Br. The largest absolute Gasteiger partial charge is 0.345 e. The zero-order valence-corrected chi connectivity index (χ0v) is 15.6. The number of para-hydroxylation sites is 1. The second-order valence-corrected chi connectivity index (χ2v) is 6.40. The van der Waals surface area contributed by atoms with Crippen molar-refractivity contribution in [2.75, 3.05) is 19.4 Å². The third-order valence-electron chi connectivity index (χ3n) is 3.16. The van der Waals surface area contributed by atoms with E-state index in [2.05, 4.69) is 26.6 Å². The molecule has 5 nitrogen and oxygen atoms in total. The van der Waals surface area contributed by atoms with E-state index in [-0.39, 0.29) is 16.9 Å². The van der Waals surface area contributed by atoms with E-state index in [0.29, 0.717) is 21.3 Å². The van der Waals surface area contributed by atoms with Crippen LogP contribution < -0.4 is 10.6 Å². The van der Waals surface area contributed by atoms with E-state index in [0.717, 1.165) is 0 Å². The Labute approximate surface area is 154 Å². The van der Waals surface area contributed by atoms with Crippen molar-refractivity contribution in [2.24, 2.45) is 0 Å². The smallest absolute Gasteiger partial charge is 0.258 e. The highest BCUT2D eigenvalue weighted by Gasteiger charge is 2.15. The first-order valence-corrected chi connectivity index (χ1v) is 8.28. The van der Waals surface area contributed by atoms with Crippen LogP contribution in [0.25, 0.3) is 0 Å². The third kappa shape index (κ3) is 4.39. The third-order valence-corrected chi connectivity index (χ3v) is 4.05. The van der Waals surface area contributed by atoms with Crippen LogP contribution in [0, 0.1) is 0 Å². The van der Waals surface area contributed by atoms with E-state index < -0.39 is 0 Å². The zero-order valence-electron chi connectivity index (χ0n) is 13.2. The van der Waals surface area contributed by atoms with Gasteiger partial charge in [-0.1, -0.05) is 24.3 Å². The number of carbonyl (C=O) groups excluding carboxylic acids is 2. The minimum Gasteiger partial charge on any atom is -0.345 e. The number of halogens is 1. The Morgan fingerprint density at radius 3 is 2.21 bits per heavy atom. The Morgan fingerprint density at radius 2 is 1.58 bits per heavy atom. The van der Waals surface area contributed by atoms with Gasteiger partial charge in [-0.15, -0.1) is 0 Å². The molecule has 2 aromatic carbocycles. The molecular formula is C17H16BrN3O2S. The quantitative estimate of drug-likeness (QED) is 0.769. The number of nitrogens with zero attached hydrogens (tertiary/aromatic N) is 1. The first kappa shape index (κ1) is 18.1. The molecule has 0 atom stereocenters. The van der Waals surface area contributed by atoms with Crippen molar-refractivity contribution in [1.29, 1.82) is 0 Å². The molecule has 0 aliphatic heterocycles. The summed E-state index contributed by atoms with van der Waals surface area (Å²) in [6, 6.07) is 14.0. The molecule has 0 spiro atoms. The lowest BCUT2D eigenvalue weighted by molar-refractivity contribution is 0.0828. The molecule has 0 unspecified atom stereocenters. The van der Waals surface area contributed by atoms with E-state index in [1.54, 1.807) is 56.6 Å². The fraction of sp³-hybridized carbons (Fsp3) is 0.118. The summed E-state index contributed by atoms with van der Waals surface area (Å²) in [6.45, 7) is 0. The van der Waals surface area contributed by atoms with Crippen molar-refractivity contribution >= 4 is 50.8 Å². The van der Waals surface area contributed by atoms with Gasteiger partial charge in [0.15, 0.2) is 5.11 Å². The van der Waals surface area contributed by atoms with E-state index >= 15 is 0 Å². The number of hydrogen-bond donors (Lipinski definition) is 2. The van der Waals surface area contributed by atoms with Gasteiger partial charge in [0.1, 0.15) is 0 Å². The molecule has 2 N–H and O–H groups in total. The van der Waals surface area contributed by atoms with Crippen LogP contribution in [-0.4, -0.2) is 35.9 Å². The average Bonchev–Trinajstić information content (AvgIpc) is 2.54. The Hall–Kier alpha value is -2.25. The molecule has 24 heavy (non-hydrogen) atoms. The van der Waals surface area contributed by atoms with Gasteiger partial charge in [-0.3, -0.25) is 14.9 Å². The van der Waals surface area contributed by atoms with Crippen LogP contribution in [-0.2, 0) is 0 Å². The summed E-state index contributed by atoms with van der Waals surface area (Å²) in [5, 5.41) is 5.63. The molecule has 0 radical (unpaired) electrons. The van der Waals surface area contributed by atoms with Gasteiger partial charge in [0, 0.05) is 18.6 Å². The van der Waals surface area contributed by atoms with E-state index in [9.17, 15) is 9.59 Å².